The molecule has 2 fully saturated rings. The maximum atomic E-state index is 12.8. The van der Waals surface area contributed by atoms with E-state index in [1.54, 1.807) is 13.3 Å². The van der Waals surface area contributed by atoms with Crippen LogP contribution in [0.2, 0.25) is 0 Å². The molecule has 1 aliphatic carbocycles. The van der Waals surface area contributed by atoms with Crippen LogP contribution < -0.4 is 10.6 Å². The molecule has 1 aromatic carbocycles. The highest BCUT2D eigenvalue weighted by molar-refractivity contribution is 5.91. The minimum Gasteiger partial charge on any atom is -0.380 e. The van der Waals surface area contributed by atoms with Gasteiger partial charge in [-0.15, -0.1) is 0 Å². The van der Waals surface area contributed by atoms with E-state index >= 15 is 0 Å². The number of hydrogen-bond acceptors (Lipinski definition) is 4. The van der Waals surface area contributed by atoms with Crippen LogP contribution in [-0.4, -0.2) is 54.3 Å². The molecule has 154 valence electrons. The van der Waals surface area contributed by atoms with Gasteiger partial charge in [0.25, 0.3) is 0 Å². The normalized spacial score (nSPS) is 24.6. The fourth-order valence-corrected chi connectivity index (χ4v) is 4.59. The Morgan fingerprint density at radius 3 is 2.86 bits per heavy atom. The second kappa shape index (κ2) is 8.93. The summed E-state index contributed by atoms with van der Waals surface area (Å²) in [5, 5.41) is 6.29. The van der Waals surface area contributed by atoms with Crippen molar-refractivity contribution < 1.29 is 9.53 Å². The maximum Gasteiger partial charge on any atom is 0.319 e. The molecular formula is C23H30N4O2. The fraction of sp³-hybridized carbons (Fsp3) is 0.478. The molecule has 2 heterocycles. The lowest BCUT2D eigenvalue weighted by atomic mass is 10.0. The van der Waals surface area contributed by atoms with Crippen molar-refractivity contribution in [3.05, 3.63) is 48.3 Å². The zero-order chi connectivity index (χ0) is 20.2. The van der Waals surface area contributed by atoms with E-state index in [-0.39, 0.29) is 12.1 Å². The molecule has 29 heavy (non-hydrogen) atoms. The number of anilines is 1. The van der Waals surface area contributed by atoms with E-state index in [4.69, 9.17) is 4.74 Å². The van der Waals surface area contributed by atoms with Gasteiger partial charge in [-0.1, -0.05) is 18.2 Å². The lowest BCUT2D eigenvalue weighted by molar-refractivity contribution is 0.0985. The van der Waals surface area contributed by atoms with Crippen molar-refractivity contribution in [3.63, 3.8) is 0 Å². The van der Waals surface area contributed by atoms with E-state index in [9.17, 15) is 4.79 Å². The molecule has 1 saturated carbocycles. The largest absolute Gasteiger partial charge is 0.380 e. The number of methoxy groups -OCH3 is 1. The van der Waals surface area contributed by atoms with Crippen molar-refractivity contribution in [2.24, 2.45) is 0 Å². The Hall–Kier alpha value is -2.44. The Balaban J connectivity index is 1.40. The number of benzene rings is 1. The summed E-state index contributed by atoms with van der Waals surface area (Å²) >= 11 is 0. The number of carbonyl (C=O) groups excluding carboxylic acids is 1. The number of pyridine rings is 1. The topological polar surface area (TPSA) is 66.5 Å². The highest BCUT2D eigenvalue weighted by Crippen LogP contribution is 2.29. The molecule has 6 nitrogen and oxygen atoms in total. The van der Waals surface area contributed by atoms with Gasteiger partial charge in [-0.3, -0.25) is 9.88 Å². The maximum absolute atomic E-state index is 12.8. The van der Waals surface area contributed by atoms with Crippen LogP contribution in [0.4, 0.5) is 10.5 Å². The first-order chi connectivity index (χ1) is 14.1. The number of amides is 2. The molecule has 1 aliphatic heterocycles. The molecule has 0 bridgehead atoms. The van der Waals surface area contributed by atoms with Gasteiger partial charge in [0.05, 0.1) is 6.10 Å². The van der Waals surface area contributed by atoms with Gasteiger partial charge in [0.15, 0.2) is 0 Å². The predicted molar refractivity (Wildman–Crippen MR) is 115 cm³/mol. The van der Waals surface area contributed by atoms with Crippen LogP contribution in [0.5, 0.6) is 0 Å². The standard InChI is InChI=1S/C23H30N4O2/c1-16-8-9-17(18-5-4-11-24-14-18)13-21(16)26-23(28)25-20-6-3-7-22(20)27-12-10-19(15-27)29-2/h4-5,8-9,11,13-14,19-20,22H,3,6-7,10,12,15H2,1-2H3,(H2,25,26,28)/t19?,20-,22+/m0/s1. The molecule has 0 radical (unpaired) electrons. The summed E-state index contributed by atoms with van der Waals surface area (Å²) in [5.74, 6) is 0. The van der Waals surface area contributed by atoms with Gasteiger partial charge in [-0.2, -0.15) is 0 Å². The van der Waals surface area contributed by atoms with Gasteiger partial charge in [0.1, 0.15) is 0 Å². The lowest BCUT2D eigenvalue weighted by Gasteiger charge is -2.30. The van der Waals surface area contributed by atoms with Crippen molar-refractivity contribution >= 4 is 11.7 Å². The fourth-order valence-electron chi connectivity index (χ4n) is 4.59. The van der Waals surface area contributed by atoms with E-state index < -0.39 is 0 Å². The minimum absolute atomic E-state index is 0.129. The molecule has 1 aromatic heterocycles. The molecule has 0 spiro atoms. The number of carbonyl (C=O) groups is 1. The van der Waals surface area contributed by atoms with Gasteiger partial charge < -0.3 is 15.4 Å². The van der Waals surface area contributed by atoms with Crippen LogP contribution in [0, 0.1) is 6.92 Å². The summed E-state index contributed by atoms with van der Waals surface area (Å²) in [6, 6.07) is 10.5. The monoisotopic (exact) mass is 394 g/mol. The molecule has 4 rings (SSSR count). The van der Waals surface area contributed by atoms with Crippen molar-refractivity contribution in [1.29, 1.82) is 0 Å². The van der Waals surface area contributed by atoms with Crippen LogP contribution in [-0.2, 0) is 4.74 Å². The molecule has 1 unspecified atom stereocenters. The summed E-state index contributed by atoms with van der Waals surface area (Å²) < 4.78 is 5.51. The molecule has 6 heteroatoms. The summed E-state index contributed by atoms with van der Waals surface area (Å²) in [6.45, 7) is 4.03. The number of nitrogens with zero attached hydrogens (tertiary/aromatic N) is 2. The van der Waals surface area contributed by atoms with Gasteiger partial charge in [0, 0.05) is 55.9 Å². The van der Waals surface area contributed by atoms with Gasteiger partial charge >= 0.3 is 6.03 Å². The molecule has 2 N–H and O–H groups in total. The van der Waals surface area contributed by atoms with Crippen molar-refractivity contribution in [2.75, 3.05) is 25.5 Å². The SMILES string of the molecule is COC1CCN([C@@H]2CCC[C@@H]2NC(=O)Nc2cc(-c3cccnc3)ccc2C)C1. The molecule has 2 amide bonds. The third-order valence-electron chi connectivity index (χ3n) is 6.26. The van der Waals surface area contributed by atoms with E-state index in [0.717, 1.165) is 61.2 Å². The Kier molecular flexibility index (Phi) is 6.11. The summed E-state index contributed by atoms with van der Waals surface area (Å²) in [7, 11) is 1.79. The Labute approximate surface area is 172 Å². The van der Waals surface area contributed by atoms with E-state index in [0.29, 0.717) is 12.1 Å². The van der Waals surface area contributed by atoms with Crippen LogP contribution in [0.3, 0.4) is 0 Å². The lowest BCUT2D eigenvalue weighted by Crippen LogP contribution is -2.49. The van der Waals surface area contributed by atoms with E-state index in [1.807, 2.05) is 37.4 Å². The predicted octanol–water partition coefficient (Wildman–Crippen LogP) is 3.82. The van der Waals surface area contributed by atoms with Crippen molar-refractivity contribution in [3.8, 4) is 11.1 Å². The second-order valence-corrected chi connectivity index (χ2v) is 8.12. The summed E-state index contributed by atoms with van der Waals surface area (Å²) in [5.41, 5.74) is 3.95. The average Bonchev–Trinajstić information content (AvgIpc) is 3.39. The van der Waals surface area contributed by atoms with Gasteiger partial charge in [-0.25, -0.2) is 4.79 Å². The second-order valence-electron chi connectivity index (χ2n) is 8.12. The van der Waals surface area contributed by atoms with E-state index in [1.165, 1.54) is 0 Å². The smallest absolute Gasteiger partial charge is 0.319 e. The van der Waals surface area contributed by atoms with Gasteiger partial charge in [-0.05, 0) is 55.9 Å². The van der Waals surface area contributed by atoms with Crippen molar-refractivity contribution in [2.45, 2.75) is 50.8 Å². The summed E-state index contributed by atoms with van der Waals surface area (Å²) in [4.78, 5) is 19.4. The third-order valence-corrected chi connectivity index (χ3v) is 6.26. The highest BCUT2D eigenvalue weighted by Gasteiger charge is 2.36. The molecular weight excluding hydrogens is 364 g/mol. The van der Waals surface area contributed by atoms with Gasteiger partial charge in [0.2, 0.25) is 0 Å². The number of urea groups is 1. The van der Waals surface area contributed by atoms with Crippen LogP contribution in [0.15, 0.2) is 42.7 Å². The number of hydrogen-bond donors (Lipinski definition) is 2. The first kappa shape index (κ1) is 19.9. The Morgan fingerprint density at radius 2 is 2.10 bits per heavy atom. The first-order valence-electron chi connectivity index (χ1n) is 10.5. The van der Waals surface area contributed by atoms with Crippen LogP contribution in [0.1, 0.15) is 31.2 Å². The average molecular weight is 395 g/mol. The molecule has 3 atom stereocenters. The number of rotatable bonds is 5. The van der Waals surface area contributed by atoms with Crippen LogP contribution >= 0.6 is 0 Å². The number of aromatic nitrogens is 1. The Bertz CT molecular complexity index is 842. The van der Waals surface area contributed by atoms with Crippen molar-refractivity contribution in [1.82, 2.24) is 15.2 Å². The number of likely N-dealkylation sites (tertiary alicyclic amines) is 1. The summed E-state index contributed by atoms with van der Waals surface area (Å²) in [6.07, 6.45) is 8.31. The zero-order valence-corrected chi connectivity index (χ0v) is 17.2. The number of ether oxygens (including phenoxy) is 1. The molecule has 2 aromatic rings. The minimum atomic E-state index is -0.129. The molecule has 2 aliphatic rings. The third kappa shape index (κ3) is 4.60. The number of nitrogens with one attached hydrogen (secondary N) is 2. The first-order valence-corrected chi connectivity index (χ1v) is 10.5. The zero-order valence-electron chi connectivity index (χ0n) is 17.2. The molecule has 1 saturated heterocycles. The van der Waals surface area contributed by atoms with Crippen LogP contribution in [0.25, 0.3) is 11.1 Å². The Morgan fingerprint density at radius 1 is 1.21 bits per heavy atom. The van der Waals surface area contributed by atoms with E-state index in [2.05, 4.69) is 26.6 Å². The number of aryl methyl sites for hydroxylation is 1. The highest BCUT2D eigenvalue weighted by atomic mass is 16.5. The quantitative estimate of drug-likeness (QED) is 0.809.